The summed E-state index contributed by atoms with van der Waals surface area (Å²) in [6.07, 6.45) is 2.78. The summed E-state index contributed by atoms with van der Waals surface area (Å²) in [6, 6.07) is 4.95. The highest BCUT2D eigenvalue weighted by Gasteiger charge is 2.41. The lowest BCUT2D eigenvalue weighted by Crippen LogP contribution is -2.44. The van der Waals surface area contributed by atoms with Crippen molar-refractivity contribution < 1.29 is 14.3 Å². The Bertz CT molecular complexity index is 544. The lowest BCUT2D eigenvalue weighted by Gasteiger charge is -2.37. The summed E-state index contributed by atoms with van der Waals surface area (Å²) < 4.78 is 12.0. The molecule has 4 N–H and O–H groups in total. The van der Waals surface area contributed by atoms with E-state index in [0.717, 1.165) is 30.8 Å². The molecular weight excluding hydrogens is 288 g/mol. The van der Waals surface area contributed by atoms with Crippen molar-refractivity contribution in [2.75, 3.05) is 23.8 Å². The number of primary amides is 1. The van der Waals surface area contributed by atoms with Crippen LogP contribution >= 0.6 is 11.8 Å². The van der Waals surface area contributed by atoms with Gasteiger partial charge in [-0.3, -0.25) is 4.79 Å². The van der Waals surface area contributed by atoms with Gasteiger partial charge in [-0.05, 0) is 24.3 Å². The Morgan fingerprint density at radius 3 is 3.05 bits per heavy atom. The first kappa shape index (κ1) is 14.5. The molecule has 2 aliphatic rings. The average Bonchev–Trinajstić information content (AvgIpc) is 2.86. The van der Waals surface area contributed by atoms with Crippen LogP contribution in [-0.4, -0.2) is 35.7 Å². The van der Waals surface area contributed by atoms with E-state index in [-0.39, 0.29) is 11.7 Å². The quantitative estimate of drug-likeness (QED) is 0.831. The summed E-state index contributed by atoms with van der Waals surface area (Å²) in [5, 5.41) is 0. The molecule has 1 spiro atoms. The fourth-order valence-electron chi connectivity index (χ4n) is 2.97. The van der Waals surface area contributed by atoms with E-state index >= 15 is 0 Å². The van der Waals surface area contributed by atoms with Crippen LogP contribution in [-0.2, 0) is 4.74 Å². The standard InChI is InChI=1S/C15H20N2O3S/c16-10-1-2-12(14(17)18)13(7-10)20-11-3-5-19-15(8-11)4-6-21-9-15/h1-2,7,11H,3-6,8-9,16H2,(H2,17,18). The van der Waals surface area contributed by atoms with Crippen LogP contribution in [0, 0.1) is 0 Å². The number of amides is 1. The summed E-state index contributed by atoms with van der Waals surface area (Å²) in [6.45, 7) is 0.694. The summed E-state index contributed by atoms with van der Waals surface area (Å²) in [7, 11) is 0. The Labute approximate surface area is 128 Å². The summed E-state index contributed by atoms with van der Waals surface area (Å²) in [5.74, 6) is 2.14. The van der Waals surface area contributed by atoms with Crippen molar-refractivity contribution in [3.8, 4) is 5.75 Å². The number of carbonyl (C=O) groups excluding carboxylic acids is 1. The molecule has 1 aromatic rings. The summed E-state index contributed by atoms with van der Waals surface area (Å²) in [5.41, 5.74) is 12.1. The minimum absolute atomic E-state index is 0.0392. The molecule has 2 aliphatic heterocycles. The van der Waals surface area contributed by atoms with Gasteiger partial charge >= 0.3 is 0 Å². The predicted octanol–water partition coefficient (Wildman–Crippen LogP) is 1.80. The lowest BCUT2D eigenvalue weighted by molar-refractivity contribution is -0.0959. The fourth-order valence-corrected chi connectivity index (χ4v) is 4.34. The van der Waals surface area contributed by atoms with Gasteiger partial charge in [0.15, 0.2) is 0 Å². The number of anilines is 1. The van der Waals surface area contributed by atoms with Crippen LogP contribution in [0.1, 0.15) is 29.6 Å². The zero-order valence-corrected chi connectivity index (χ0v) is 12.7. The normalized spacial score (nSPS) is 28.7. The molecule has 2 atom stereocenters. The Kier molecular flexibility index (Phi) is 3.99. The number of hydrogen-bond acceptors (Lipinski definition) is 5. The molecule has 5 nitrogen and oxygen atoms in total. The molecule has 114 valence electrons. The van der Waals surface area contributed by atoms with E-state index in [1.54, 1.807) is 18.2 Å². The maximum absolute atomic E-state index is 11.5. The highest BCUT2D eigenvalue weighted by atomic mass is 32.2. The molecule has 1 amide bonds. The molecule has 0 bridgehead atoms. The molecule has 2 saturated heterocycles. The predicted molar refractivity (Wildman–Crippen MR) is 83.6 cm³/mol. The van der Waals surface area contributed by atoms with E-state index in [1.807, 2.05) is 11.8 Å². The molecule has 21 heavy (non-hydrogen) atoms. The molecular formula is C15H20N2O3S. The first-order valence-electron chi connectivity index (χ1n) is 7.16. The second-order valence-electron chi connectivity index (χ2n) is 5.69. The van der Waals surface area contributed by atoms with Gasteiger partial charge in [0.25, 0.3) is 5.91 Å². The third kappa shape index (κ3) is 3.11. The minimum Gasteiger partial charge on any atom is -0.489 e. The van der Waals surface area contributed by atoms with Crippen LogP contribution in [0.5, 0.6) is 5.75 Å². The highest BCUT2D eigenvalue weighted by Crippen LogP contribution is 2.39. The molecule has 2 fully saturated rings. The van der Waals surface area contributed by atoms with E-state index in [2.05, 4.69) is 0 Å². The van der Waals surface area contributed by atoms with Gasteiger partial charge in [-0.25, -0.2) is 0 Å². The maximum atomic E-state index is 11.5. The van der Waals surface area contributed by atoms with E-state index in [1.165, 1.54) is 0 Å². The van der Waals surface area contributed by atoms with Gasteiger partial charge in [0.1, 0.15) is 11.9 Å². The number of thioether (sulfide) groups is 1. The Morgan fingerprint density at radius 2 is 2.33 bits per heavy atom. The number of nitrogens with two attached hydrogens (primary N) is 2. The first-order chi connectivity index (χ1) is 10.1. The van der Waals surface area contributed by atoms with E-state index in [4.69, 9.17) is 20.9 Å². The van der Waals surface area contributed by atoms with Crippen LogP contribution in [0.15, 0.2) is 18.2 Å². The van der Waals surface area contributed by atoms with E-state index in [0.29, 0.717) is 23.6 Å². The number of carbonyl (C=O) groups is 1. The Hall–Kier alpha value is -1.40. The van der Waals surface area contributed by atoms with Crippen LogP contribution < -0.4 is 16.2 Å². The smallest absolute Gasteiger partial charge is 0.252 e. The number of nitrogen functional groups attached to an aromatic ring is 1. The third-order valence-electron chi connectivity index (χ3n) is 4.08. The SMILES string of the molecule is NC(=O)c1ccc(N)cc1OC1CCOC2(CCSC2)C1. The van der Waals surface area contributed by atoms with Crippen molar-refractivity contribution in [2.24, 2.45) is 5.73 Å². The second kappa shape index (κ2) is 5.77. The molecule has 0 radical (unpaired) electrons. The Morgan fingerprint density at radius 1 is 1.48 bits per heavy atom. The van der Waals surface area contributed by atoms with Crippen LogP contribution in [0.25, 0.3) is 0 Å². The largest absolute Gasteiger partial charge is 0.489 e. The molecule has 0 aromatic heterocycles. The third-order valence-corrected chi connectivity index (χ3v) is 5.30. The second-order valence-corrected chi connectivity index (χ2v) is 6.79. The molecule has 6 heteroatoms. The average molecular weight is 308 g/mol. The Balaban J connectivity index is 1.77. The topological polar surface area (TPSA) is 87.6 Å². The molecule has 0 saturated carbocycles. The maximum Gasteiger partial charge on any atom is 0.252 e. The number of ether oxygens (including phenoxy) is 2. The number of hydrogen-bond donors (Lipinski definition) is 2. The minimum atomic E-state index is -0.497. The van der Waals surface area contributed by atoms with Crippen molar-refractivity contribution in [1.82, 2.24) is 0 Å². The highest BCUT2D eigenvalue weighted by molar-refractivity contribution is 7.99. The van der Waals surface area contributed by atoms with Gasteiger partial charge in [0.05, 0.1) is 17.8 Å². The molecule has 2 heterocycles. The van der Waals surface area contributed by atoms with Crippen molar-refractivity contribution in [3.05, 3.63) is 23.8 Å². The zero-order chi connectivity index (χ0) is 14.9. The van der Waals surface area contributed by atoms with Gasteiger partial charge in [0.2, 0.25) is 0 Å². The molecule has 1 aromatic carbocycles. The molecule has 2 unspecified atom stereocenters. The van der Waals surface area contributed by atoms with Gasteiger partial charge in [-0.2, -0.15) is 11.8 Å². The number of rotatable bonds is 3. The molecule has 3 rings (SSSR count). The van der Waals surface area contributed by atoms with Crippen molar-refractivity contribution in [2.45, 2.75) is 31.0 Å². The van der Waals surface area contributed by atoms with Gasteiger partial charge in [-0.15, -0.1) is 0 Å². The van der Waals surface area contributed by atoms with E-state index < -0.39 is 5.91 Å². The summed E-state index contributed by atoms with van der Waals surface area (Å²) in [4.78, 5) is 11.5. The van der Waals surface area contributed by atoms with Crippen molar-refractivity contribution in [3.63, 3.8) is 0 Å². The van der Waals surface area contributed by atoms with Crippen molar-refractivity contribution >= 4 is 23.4 Å². The van der Waals surface area contributed by atoms with Gasteiger partial charge in [-0.1, -0.05) is 0 Å². The summed E-state index contributed by atoms with van der Waals surface area (Å²) >= 11 is 1.92. The van der Waals surface area contributed by atoms with E-state index in [9.17, 15) is 4.79 Å². The zero-order valence-electron chi connectivity index (χ0n) is 11.8. The monoisotopic (exact) mass is 308 g/mol. The lowest BCUT2D eigenvalue weighted by atomic mass is 9.91. The fraction of sp³-hybridized carbons (Fsp3) is 0.533. The first-order valence-corrected chi connectivity index (χ1v) is 8.31. The van der Waals surface area contributed by atoms with Crippen molar-refractivity contribution in [1.29, 1.82) is 0 Å². The van der Waals surface area contributed by atoms with Gasteiger partial charge in [0, 0.05) is 30.3 Å². The molecule has 0 aliphatic carbocycles. The van der Waals surface area contributed by atoms with Crippen LogP contribution in [0.3, 0.4) is 0 Å². The van der Waals surface area contributed by atoms with Crippen LogP contribution in [0.2, 0.25) is 0 Å². The van der Waals surface area contributed by atoms with Gasteiger partial charge < -0.3 is 20.9 Å². The van der Waals surface area contributed by atoms with Crippen LogP contribution in [0.4, 0.5) is 5.69 Å². The number of benzene rings is 1.